The second kappa shape index (κ2) is 8.36. The molecule has 1 amide bonds. The Balaban J connectivity index is 1.61. The Morgan fingerprint density at radius 2 is 1.70 bits per heavy atom. The van der Waals surface area contributed by atoms with Crippen molar-refractivity contribution in [3.63, 3.8) is 0 Å². The highest BCUT2D eigenvalue weighted by molar-refractivity contribution is 6.02. The Hall–Kier alpha value is -3.34. The molecule has 0 heterocycles. The second-order valence-electron chi connectivity index (χ2n) is 6.38. The van der Waals surface area contributed by atoms with E-state index in [1.807, 2.05) is 74.5 Å². The molecular weight excluding hydrogens is 338 g/mol. The lowest BCUT2D eigenvalue weighted by Gasteiger charge is -2.07. The average Bonchev–Trinajstić information content (AvgIpc) is 2.70. The van der Waals surface area contributed by atoms with Crippen molar-refractivity contribution in [1.29, 1.82) is 0 Å². The molecule has 0 spiro atoms. The molecule has 27 heavy (non-hydrogen) atoms. The maximum atomic E-state index is 12.0. The number of ether oxygens (including phenoxy) is 1. The summed E-state index contributed by atoms with van der Waals surface area (Å²) in [5, 5.41) is 9.48. The first kappa shape index (κ1) is 18.5. The first-order valence-corrected chi connectivity index (χ1v) is 8.77. The molecule has 0 aliphatic rings. The third-order valence-corrected chi connectivity index (χ3v) is 4.32. The van der Waals surface area contributed by atoms with Crippen LogP contribution in [0.25, 0.3) is 10.8 Å². The summed E-state index contributed by atoms with van der Waals surface area (Å²) in [5.41, 5.74) is 6.38. The molecule has 0 aliphatic carbocycles. The molecule has 0 radical (unpaired) electrons. The van der Waals surface area contributed by atoms with Crippen LogP contribution in [-0.4, -0.2) is 25.3 Å². The van der Waals surface area contributed by atoms with Gasteiger partial charge in [-0.25, -0.2) is 5.43 Å². The summed E-state index contributed by atoms with van der Waals surface area (Å²) >= 11 is 0. The molecule has 0 unspecified atom stereocenters. The minimum absolute atomic E-state index is 0.164. The Kier molecular flexibility index (Phi) is 5.71. The van der Waals surface area contributed by atoms with Crippen molar-refractivity contribution >= 4 is 28.1 Å². The highest BCUT2D eigenvalue weighted by Gasteiger charge is 2.04. The molecular formula is C22H23N3O2. The van der Waals surface area contributed by atoms with Crippen LogP contribution in [0, 0.1) is 6.92 Å². The van der Waals surface area contributed by atoms with Gasteiger partial charge >= 0.3 is 0 Å². The maximum absolute atomic E-state index is 12.0. The van der Waals surface area contributed by atoms with Gasteiger partial charge in [-0.2, -0.15) is 5.10 Å². The van der Waals surface area contributed by atoms with E-state index >= 15 is 0 Å². The number of aryl methyl sites for hydroxylation is 1. The standard InChI is InChI=1S/C22H23N3O2/c1-15-4-9-20(10-5-15)23-14-22(26)25-24-16(2)17-6-7-19-13-21(27-3)11-8-18(19)12-17/h4-13,23H,14H2,1-3H3,(H,25,26)/b24-16-. The summed E-state index contributed by atoms with van der Waals surface area (Å²) in [6, 6.07) is 19.9. The number of nitrogens with zero attached hydrogens (tertiary/aromatic N) is 1. The van der Waals surface area contributed by atoms with Crippen LogP contribution in [-0.2, 0) is 4.79 Å². The normalized spacial score (nSPS) is 11.3. The van der Waals surface area contributed by atoms with E-state index in [9.17, 15) is 4.79 Å². The number of hydrogen-bond donors (Lipinski definition) is 2. The second-order valence-corrected chi connectivity index (χ2v) is 6.38. The zero-order valence-corrected chi connectivity index (χ0v) is 15.7. The number of carbonyl (C=O) groups excluding carboxylic acids is 1. The lowest BCUT2D eigenvalue weighted by atomic mass is 10.0. The maximum Gasteiger partial charge on any atom is 0.259 e. The summed E-state index contributed by atoms with van der Waals surface area (Å²) < 4.78 is 5.25. The summed E-state index contributed by atoms with van der Waals surface area (Å²) in [6.07, 6.45) is 0. The third-order valence-electron chi connectivity index (χ3n) is 4.32. The van der Waals surface area contributed by atoms with Crippen LogP contribution in [0.1, 0.15) is 18.1 Å². The number of nitrogens with one attached hydrogen (secondary N) is 2. The first-order chi connectivity index (χ1) is 13.0. The summed E-state index contributed by atoms with van der Waals surface area (Å²) in [7, 11) is 1.66. The van der Waals surface area contributed by atoms with Crippen molar-refractivity contribution in [3.8, 4) is 5.75 Å². The Bertz CT molecular complexity index is 979. The third kappa shape index (κ3) is 4.85. The monoisotopic (exact) mass is 361 g/mol. The van der Waals surface area contributed by atoms with E-state index in [1.54, 1.807) is 7.11 Å². The van der Waals surface area contributed by atoms with Crippen LogP contribution in [0.15, 0.2) is 65.8 Å². The summed E-state index contributed by atoms with van der Waals surface area (Å²) in [6.45, 7) is 4.06. The van der Waals surface area contributed by atoms with Gasteiger partial charge in [-0.1, -0.05) is 35.9 Å². The molecule has 3 aromatic rings. The van der Waals surface area contributed by atoms with Gasteiger partial charge in [0.25, 0.3) is 5.91 Å². The smallest absolute Gasteiger partial charge is 0.259 e. The molecule has 0 aromatic heterocycles. The van der Waals surface area contributed by atoms with Crippen LogP contribution in [0.4, 0.5) is 5.69 Å². The zero-order valence-electron chi connectivity index (χ0n) is 15.7. The Labute approximate surface area is 159 Å². The van der Waals surface area contributed by atoms with E-state index in [0.717, 1.165) is 33.5 Å². The number of methoxy groups -OCH3 is 1. The van der Waals surface area contributed by atoms with Crippen molar-refractivity contribution in [2.45, 2.75) is 13.8 Å². The highest BCUT2D eigenvalue weighted by atomic mass is 16.5. The van der Waals surface area contributed by atoms with Crippen LogP contribution in [0.3, 0.4) is 0 Å². The molecule has 3 aromatic carbocycles. The van der Waals surface area contributed by atoms with Gasteiger partial charge in [-0.05, 0) is 60.5 Å². The number of rotatable bonds is 6. The van der Waals surface area contributed by atoms with E-state index in [0.29, 0.717) is 0 Å². The number of benzene rings is 3. The molecule has 138 valence electrons. The van der Waals surface area contributed by atoms with Gasteiger partial charge in [0.2, 0.25) is 0 Å². The molecule has 0 saturated carbocycles. The summed E-state index contributed by atoms with van der Waals surface area (Å²) in [4.78, 5) is 12.0. The van der Waals surface area contributed by atoms with Crippen molar-refractivity contribution in [1.82, 2.24) is 5.43 Å². The predicted octanol–water partition coefficient (Wildman–Crippen LogP) is 4.11. The van der Waals surface area contributed by atoms with Crippen LogP contribution in [0.5, 0.6) is 5.75 Å². The Morgan fingerprint density at radius 3 is 2.44 bits per heavy atom. The van der Waals surface area contributed by atoms with Crippen molar-refractivity contribution in [2.75, 3.05) is 19.0 Å². The highest BCUT2D eigenvalue weighted by Crippen LogP contribution is 2.22. The minimum atomic E-state index is -0.194. The average molecular weight is 361 g/mol. The van der Waals surface area contributed by atoms with Gasteiger partial charge in [0.05, 0.1) is 19.4 Å². The lowest BCUT2D eigenvalue weighted by Crippen LogP contribution is -2.26. The van der Waals surface area contributed by atoms with Crippen molar-refractivity contribution in [3.05, 3.63) is 71.8 Å². The van der Waals surface area contributed by atoms with E-state index in [4.69, 9.17) is 4.74 Å². The van der Waals surface area contributed by atoms with Crippen LogP contribution < -0.4 is 15.5 Å². The minimum Gasteiger partial charge on any atom is -0.497 e. The molecule has 2 N–H and O–H groups in total. The van der Waals surface area contributed by atoms with Gasteiger partial charge in [0.15, 0.2) is 0 Å². The van der Waals surface area contributed by atoms with Gasteiger partial charge in [-0.15, -0.1) is 0 Å². The topological polar surface area (TPSA) is 62.7 Å². The van der Waals surface area contributed by atoms with Gasteiger partial charge < -0.3 is 10.1 Å². The quantitative estimate of drug-likeness (QED) is 0.513. The summed E-state index contributed by atoms with van der Waals surface area (Å²) in [5.74, 6) is 0.634. The fraction of sp³-hybridized carbons (Fsp3) is 0.182. The number of anilines is 1. The first-order valence-electron chi connectivity index (χ1n) is 8.77. The number of hydrazone groups is 1. The fourth-order valence-corrected chi connectivity index (χ4v) is 2.68. The van der Waals surface area contributed by atoms with Gasteiger partial charge in [-0.3, -0.25) is 4.79 Å². The molecule has 3 rings (SSSR count). The van der Waals surface area contributed by atoms with E-state index in [-0.39, 0.29) is 12.5 Å². The molecule has 0 bridgehead atoms. The van der Waals surface area contributed by atoms with Crippen molar-refractivity contribution in [2.24, 2.45) is 5.10 Å². The number of hydrogen-bond acceptors (Lipinski definition) is 4. The zero-order chi connectivity index (χ0) is 19.2. The van der Waals surface area contributed by atoms with Crippen molar-refractivity contribution < 1.29 is 9.53 Å². The molecule has 0 atom stereocenters. The van der Waals surface area contributed by atoms with Crippen LogP contribution in [0.2, 0.25) is 0 Å². The van der Waals surface area contributed by atoms with E-state index in [2.05, 4.69) is 15.8 Å². The SMILES string of the molecule is COc1ccc2cc(/C(C)=N\NC(=O)CNc3ccc(C)cc3)ccc2c1. The Morgan fingerprint density at radius 1 is 1.00 bits per heavy atom. The molecule has 5 nitrogen and oxygen atoms in total. The largest absolute Gasteiger partial charge is 0.497 e. The fourth-order valence-electron chi connectivity index (χ4n) is 2.68. The molecule has 0 aliphatic heterocycles. The van der Waals surface area contributed by atoms with Gasteiger partial charge in [0.1, 0.15) is 5.75 Å². The number of amides is 1. The van der Waals surface area contributed by atoms with E-state index < -0.39 is 0 Å². The van der Waals surface area contributed by atoms with E-state index in [1.165, 1.54) is 5.56 Å². The predicted molar refractivity (Wildman–Crippen MR) is 111 cm³/mol. The van der Waals surface area contributed by atoms with Gasteiger partial charge in [0, 0.05) is 5.69 Å². The number of carbonyl (C=O) groups is 1. The van der Waals surface area contributed by atoms with Crippen LogP contribution >= 0.6 is 0 Å². The molecule has 0 saturated heterocycles. The molecule has 0 fully saturated rings. The number of fused-ring (bicyclic) bond motifs is 1. The lowest BCUT2D eigenvalue weighted by molar-refractivity contribution is -0.119. The molecule has 5 heteroatoms.